The molecule has 0 spiro atoms. The molecular weight excluding hydrogens is 392 g/mol. The number of rotatable bonds is 4. The van der Waals surface area contributed by atoms with Crippen molar-refractivity contribution in [2.75, 3.05) is 32.7 Å². The van der Waals surface area contributed by atoms with Gasteiger partial charge in [-0.15, -0.1) is 0 Å². The van der Waals surface area contributed by atoms with E-state index in [0.717, 1.165) is 4.68 Å². The van der Waals surface area contributed by atoms with Crippen molar-refractivity contribution in [3.05, 3.63) is 52.6 Å². The molecule has 1 fully saturated rings. The Kier molecular flexibility index (Phi) is 6.02. The predicted molar refractivity (Wildman–Crippen MR) is 97.7 cm³/mol. The number of piperazine rings is 1. The number of benzene rings is 1. The number of aromatic nitrogens is 2. The standard InChI is InChI=1S/C19H20F4N4O2/c1-13(18(29)26-10-8-25(9-11-26)12-19(21,22)23)27-17(28)7-6-16(24-27)14-2-4-15(20)5-3-14/h2-7,13H,8-12H2,1H3. The average Bonchev–Trinajstić information content (AvgIpc) is 2.67. The lowest BCUT2D eigenvalue weighted by Gasteiger charge is -2.36. The first-order valence-electron chi connectivity index (χ1n) is 9.08. The van der Waals surface area contributed by atoms with Crippen LogP contribution < -0.4 is 5.56 Å². The third-order valence-corrected chi connectivity index (χ3v) is 4.78. The van der Waals surface area contributed by atoms with E-state index < -0.39 is 30.1 Å². The van der Waals surface area contributed by atoms with Crippen LogP contribution in [0.2, 0.25) is 0 Å². The van der Waals surface area contributed by atoms with Crippen LogP contribution in [-0.2, 0) is 4.79 Å². The van der Waals surface area contributed by atoms with Gasteiger partial charge in [0.2, 0.25) is 5.91 Å². The summed E-state index contributed by atoms with van der Waals surface area (Å²) in [6.07, 6.45) is -4.28. The number of carbonyl (C=O) groups is 1. The first kappa shape index (κ1) is 21.0. The lowest BCUT2D eigenvalue weighted by molar-refractivity contribution is -0.152. The highest BCUT2D eigenvalue weighted by molar-refractivity contribution is 5.80. The molecule has 3 rings (SSSR count). The van der Waals surface area contributed by atoms with Gasteiger partial charge in [-0.25, -0.2) is 9.07 Å². The van der Waals surface area contributed by atoms with E-state index in [-0.39, 0.29) is 32.1 Å². The number of alkyl halides is 3. The average molecular weight is 412 g/mol. The summed E-state index contributed by atoms with van der Waals surface area (Å²) >= 11 is 0. The first-order valence-corrected chi connectivity index (χ1v) is 9.08. The zero-order chi connectivity index (χ0) is 21.2. The molecular formula is C19H20F4N4O2. The number of amides is 1. The van der Waals surface area contributed by atoms with Crippen molar-refractivity contribution < 1.29 is 22.4 Å². The summed E-state index contributed by atoms with van der Waals surface area (Å²) in [5, 5.41) is 4.23. The van der Waals surface area contributed by atoms with Gasteiger partial charge in [0.1, 0.15) is 11.9 Å². The fourth-order valence-corrected chi connectivity index (χ4v) is 3.23. The second-order valence-corrected chi connectivity index (χ2v) is 6.90. The summed E-state index contributed by atoms with van der Waals surface area (Å²) in [5.41, 5.74) is 0.507. The Labute approximate surface area is 164 Å². The first-order chi connectivity index (χ1) is 13.6. The lowest BCUT2D eigenvalue weighted by Crippen LogP contribution is -2.52. The molecule has 1 aromatic carbocycles. The van der Waals surface area contributed by atoms with Gasteiger partial charge in [0, 0.05) is 37.8 Å². The Morgan fingerprint density at radius 1 is 1.07 bits per heavy atom. The topological polar surface area (TPSA) is 58.4 Å². The highest BCUT2D eigenvalue weighted by Gasteiger charge is 2.34. The molecule has 2 aromatic rings. The van der Waals surface area contributed by atoms with Gasteiger partial charge in [-0.3, -0.25) is 14.5 Å². The third kappa shape index (κ3) is 5.20. The van der Waals surface area contributed by atoms with Crippen LogP contribution in [0.3, 0.4) is 0 Å². The maximum Gasteiger partial charge on any atom is 0.401 e. The van der Waals surface area contributed by atoms with Crippen LogP contribution in [0.1, 0.15) is 13.0 Å². The molecule has 0 N–H and O–H groups in total. The summed E-state index contributed by atoms with van der Waals surface area (Å²) in [5.74, 6) is -0.794. The SMILES string of the molecule is CC(C(=O)N1CCN(CC(F)(F)F)CC1)n1nc(-c2ccc(F)cc2)ccc1=O. The maximum absolute atomic E-state index is 13.1. The Morgan fingerprint density at radius 2 is 1.69 bits per heavy atom. The lowest BCUT2D eigenvalue weighted by atomic mass is 10.1. The fourth-order valence-electron chi connectivity index (χ4n) is 3.23. The largest absolute Gasteiger partial charge is 0.401 e. The summed E-state index contributed by atoms with van der Waals surface area (Å²) < 4.78 is 51.7. The van der Waals surface area contributed by atoms with Crippen molar-refractivity contribution >= 4 is 5.91 Å². The second kappa shape index (κ2) is 8.32. The van der Waals surface area contributed by atoms with Crippen LogP contribution in [0, 0.1) is 5.82 Å². The van der Waals surface area contributed by atoms with Crippen molar-refractivity contribution in [3.63, 3.8) is 0 Å². The summed E-state index contributed by atoms with van der Waals surface area (Å²) in [4.78, 5) is 27.7. The molecule has 1 unspecified atom stereocenters. The molecule has 0 bridgehead atoms. The van der Waals surface area contributed by atoms with Gasteiger partial charge < -0.3 is 4.90 Å². The molecule has 1 amide bonds. The summed E-state index contributed by atoms with van der Waals surface area (Å²) in [6.45, 7) is 1.02. The van der Waals surface area contributed by atoms with Gasteiger partial charge in [-0.2, -0.15) is 18.3 Å². The normalized spacial score (nSPS) is 16.7. The molecule has 10 heteroatoms. The molecule has 1 aliphatic rings. The zero-order valence-corrected chi connectivity index (χ0v) is 15.7. The minimum atomic E-state index is -4.28. The minimum Gasteiger partial charge on any atom is -0.338 e. The van der Waals surface area contributed by atoms with Crippen LogP contribution in [0.5, 0.6) is 0 Å². The van der Waals surface area contributed by atoms with Gasteiger partial charge in [0.05, 0.1) is 12.2 Å². The second-order valence-electron chi connectivity index (χ2n) is 6.90. The van der Waals surface area contributed by atoms with E-state index in [1.54, 1.807) is 0 Å². The van der Waals surface area contributed by atoms with E-state index in [4.69, 9.17) is 0 Å². The number of hydrogen-bond acceptors (Lipinski definition) is 4. The summed E-state index contributed by atoms with van der Waals surface area (Å²) in [7, 11) is 0. The number of halogens is 4. The molecule has 0 aliphatic carbocycles. The van der Waals surface area contributed by atoms with Crippen LogP contribution in [0.25, 0.3) is 11.3 Å². The Balaban J connectivity index is 1.72. The predicted octanol–water partition coefficient (Wildman–Crippen LogP) is 2.32. The molecule has 6 nitrogen and oxygen atoms in total. The van der Waals surface area contributed by atoms with Crippen molar-refractivity contribution in [2.24, 2.45) is 0 Å². The highest BCUT2D eigenvalue weighted by atomic mass is 19.4. The van der Waals surface area contributed by atoms with Gasteiger partial charge in [0.15, 0.2) is 0 Å². The molecule has 156 valence electrons. The molecule has 0 radical (unpaired) electrons. The van der Waals surface area contributed by atoms with Crippen molar-refractivity contribution in [1.29, 1.82) is 0 Å². The molecule has 1 aliphatic heterocycles. The van der Waals surface area contributed by atoms with Crippen molar-refractivity contribution in [2.45, 2.75) is 19.1 Å². The number of nitrogens with zero attached hydrogens (tertiary/aromatic N) is 4. The van der Waals surface area contributed by atoms with E-state index in [2.05, 4.69) is 5.10 Å². The monoisotopic (exact) mass is 412 g/mol. The van der Waals surface area contributed by atoms with E-state index in [1.165, 1.54) is 53.1 Å². The van der Waals surface area contributed by atoms with Crippen LogP contribution >= 0.6 is 0 Å². The molecule has 29 heavy (non-hydrogen) atoms. The summed E-state index contributed by atoms with van der Waals surface area (Å²) in [6, 6.07) is 7.40. The quantitative estimate of drug-likeness (QED) is 0.724. The van der Waals surface area contributed by atoms with E-state index in [9.17, 15) is 27.2 Å². The maximum atomic E-state index is 13.1. The molecule has 1 atom stereocenters. The molecule has 2 heterocycles. The van der Waals surface area contributed by atoms with E-state index in [1.807, 2.05) is 0 Å². The third-order valence-electron chi connectivity index (χ3n) is 4.78. The molecule has 1 aromatic heterocycles. The molecule has 1 saturated heterocycles. The Hall–Kier alpha value is -2.75. The van der Waals surface area contributed by atoms with Gasteiger partial charge in [-0.05, 0) is 37.3 Å². The Bertz CT molecular complexity index is 919. The smallest absolute Gasteiger partial charge is 0.338 e. The van der Waals surface area contributed by atoms with Gasteiger partial charge >= 0.3 is 6.18 Å². The number of carbonyl (C=O) groups excluding carboxylic acids is 1. The van der Waals surface area contributed by atoms with Crippen LogP contribution in [0.15, 0.2) is 41.2 Å². The Morgan fingerprint density at radius 3 is 2.28 bits per heavy atom. The van der Waals surface area contributed by atoms with Crippen LogP contribution in [0.4, 0.5) is 17.6 Å². The molecule has 0 saturated carbocycles. The zero-order valence-electron chi connectivity index (χ0n) is 15.7. The van der Waals surface area contributed by atoms with Crippen LogP contribution in [-0.4, -0.2) is 64.4 Å². The van der Waals surface area contributed by atoms with Crippen molar-refractivity contribution in [3.8, 4) is 11.3 Å². The fraction of sp³-hybridized carbons (Fsp3) is 0.421. The minimum absolute atomic E-state index is 0.107. The number of hydrogen-bond donors (Lipinski definition) is 0. The van der Waals surface area contributed by atoms with Crippen molar-refractivity contribution in [1.82, 2.24) is 19.6 Å². The van der Waals surface area contributed by atoms with E-state index in [0.29, 0.717) is 11.3 Å². The van der Waals surface area contributed by atoms with Gasteiger partial charge in [0.25, 0.3) is 5.56 Å². The van der Waals surface area contributed by atoms with Gasteiger partial charge in [-0.1, -0.05) is 0 Å². The highest BCUT2D eigenvalue weighted by Crippen LogP contribution is 2.19. The van der Waals surface area contributed by atoms with E-state index >= 15 is 0 Å².